The van der Waals surface area contributed by atoms with E-state index in [1.54, 1.807) is 31.2 Å². The molecule has 0 fully saturated rings. The van der Waals surface area contributed by atoms with Gasteiger partial charge in [-0.2, -0.15) is 0 Å². The zero-order chi connectivity index (χ0) is 19.1. The minimum Gasteiger partial charge on any atom is -0.443 e. The number of halogens is 3. The Labute approximate surface area is 159 Å². The van der Waals surface area contributed by atoms with Gasteiger partial charge in [-0.15, -0.1) is 0 Å². The molecule has 2 atom stereocenters. The summed E-state index contributed by atoms with van der Waals surface area (Å²) in [7, 11) is 0. The molecule has 1 aliphatic heterocycles. The van der Waals surface area contributed by atoms with Crippen LogP contribution in [-0.2, 0) is 4.74 Å². The lowest BCUT2D eigenvalue weighted by Gasteiger charge is -2.44. The largest absolute Gasteiger partial charge is 0.443 e. The van der Waals surface area contributed by atoms with Crippen molar-refractivity contribution in [1.82, 2.24) is 0 Å². The second-order valence-electron chi connectivity index (χ2n) is 6.90. The van der Waals surface area contributed by atoms with Gasteiger partial charge in [0, 0.05) is 22.9 Å². The molecule has 0 aliphatic carbocycles. The molecule has 4 nitrogen and oxygen atoms in total. The summed E-state index contributed by atoms with van der Waals surface area (Å²) in [6, 6.07) is 10.2. The van der Waals surface area contributed by atoms with Crippen molar-refractivity contribution in [2.45, 2.75) is 38.3 Å². The monoisotopic (exact) mass is 424 g/mol. The number of benzene rings is 2. The SMILES string of the molecule is CC1c2c(cc(F)c(Br)c2F)NC(C)(C)C1OC(=O)Nc1ccccc1. The second-order valence-corrected chi connectivity index (χ2v) is 7.69. The van der Waals surface area contributed by atoms with E-state index >= 15 is 0 Å². The van der Waals surface area contributed by atoms with Crippen molar-refractivity contribution in [1.29, 1.82) is 0 Å². The maximum atomic E-state index is 14.6. The molecule has 3 rings (SSSR count). The van der Waals surface area contributed by atoms with Gasteiger partial charge in [0.05, 0.1) is 10.0 Å². The topological polar surface area (TPSA) is 50.4 Å². The van der Waals surface area contributed by atoms with Crippen molar-refractivity contribution in [3.63, 3.8) is 0 Å². The highest BCUT2D eigenvalue weighted by Crippen LogP contribution is 2.44. The maximum absolute atomic E-state index is 14.6. The zero-order valence-corrected chi connectivity index (χ0v) is 16.2. The minimum absolute atomic E-state index is 0.225. The average Bonchev–Trinajstić information content (AvgIpc) is 2.57. The predicted molar refractivity (Wildman–Crippen MR) is 101 cm³/mol. The fourth-order valence-corrected chi connectivity index (χ4v) is 3.71. The third-order valence-corrected chi connectivity index (χ3v) is 5.26. The molecular formula is C19H19BrF2N2O2. The number of carbonyl (C=O) groups is 1. The van der Waals surface area contributed by atoms with Gasteiger partial charge in [0.25, 0.3) is 0 Å². The maximum Gasteiger partial charge on any atom is 0.411 e. The number of hydrogen-bond acceptors (Lipinski definition) is 3. The molecule has 1 heterocycles. The Bertz CT molecular complexity index is 843. The first kappa shape index (κ1) is 18.6. The van der Waals surface area contributed by atoms with Crippen LogP contribution in [0.15, 0.2) is 40.9 Å². The van der Waals surface area contributed by atoms with E-state index < -0.39 is 35.3 Å². The van der Waals surface area contributed by atoms with Crippen LogP contribution >= 0.6 is 15.9 Å². The van der Waals surface area contributed by atoms with E-state index in [9.17, 15) is 13.6 Å². The molecule has 138 valence electrons. The average molecular weight is 425 g/mol. The number of fused-ring (bicyclic) bond motifs is 1. The summed E-state index contributed by atoms with van der Waals surface area (Å²) in [6.07, 6.45) is -1.29. The van der Waals surface area contributed by atoms with Crippen molar-refractivity contribution >= 4 is 33.4 Å². The number of carbonyl (C=O) groups excluding carboxylic acids is 1. The Kier molecular flexibility index (Phi) is 4.92. The number of rotatable bonds is 2. The van der Waals surface area contributed by atoms with Crippen LogP contribution in [0.2, 0.25) is 0 Å². The van der Waals surface area contributed by atoms with Gasteiger partial charge in [-0.25, -0.2) is 13.6 Å². The number of hydrogen-bond donors (Lipinski definition) is 2. The molecule has 2 aromatic rings. The van der Waals surface area contributed by atoms with Gasteiger partial charge < -0.3 is 10.1 Å². The normalized spacial score (nSPS) is 20.7. The molecular weight excluding hydrogens is 406 g/mol. The number of ether oxygens (including phenoxy) is 1. The number of nitrogens with one attached hydrogen (secondary N) is 2. The zero-order valence-electron chi connectivity index (χ0n) is 14.6. The van der Waals surface area contributed by atoms with Gasteiger partial charge in [0.1, 0.15) is 17.7 Å². The van der Waals surface area contributed by atoms with Crippen molar-refractivity contribution in [3.8, 4) is 0 Å². The third kappa shape index (κ3) is 3.40. The van der Waals surface area contributed by atoms with Crippen LogP contribution in [0.3, 0.4) is 0 Å². The molecule has 7 heteroatoms. The quantitative estimate of drug-likeness (QED) is 0.612. The first-order valence-electron chi connectivity index (χ1n) is 8.19. The van der Waals surface area contributed by atoms with Crippen LogP contribution in [0.5, 0.6) is 0 Å². The Morgan fingerprint density at radius 2 is 1.92 bits per heavy atom. The molecule has 0 spiro atoms. The van der Waals surface area contributed by atoms with E-state index in [-0.39, 0.29) is 10.0 Å². The van der Waals surface area contributed by atoms with Crippen LogP contribution < -0.4 is 10.6 Å². The van der Waals surface area contributed by atoms with Crippen LogP contribution in [-0.4, -0.2) is 17.7 Å². The summed E-state index contributed by atoms with van der Waals surface area (Å²) in [5.74, 6) is -1.84. The second kappa shape index (κ2) is 6.87. The Morgan fingerprint density at radius 3 is 2.58 bits per heavy atom. The number of amides is 1. The molecule has 0 saturated heterocycles. The van der Waals surface area contributed by atoms with Gasteiger partial charge in [-0.05, 0) is 48.0 Å². The predicted octanol–water partition coefficient (Wildman–Crippen LogP) is 5.65. The minimum atomic E-state index is -0.715. The van der Waals surface area contributed by atoms with Crippen molar-refractivity contribution < 1.29 is 18.3 Å². The smallest absolute Gasteiger partial charge is 0.411 e. The molecule has 2 N–H and O–H groups in total. The lowest BCUT2D eigenvalue weighted by molar-refractivity contribution is 0.0560. The summed E-state index contributed by atoms with van der Waals surface area (Å²) in [5, 5.41) is 5.74. The van der Waals surface area contributed by atoms with Gasteiger partial charge >= 0.3 is 6.09 Å². The molecule has 0 radical (unpaired) electrons. The summed E-state index contributed by atoms with van der Waals surface area (Å²) in [6.45, 7) is 5.41. The lowest BCUT2D eigenvalue weighted by Crippen LogP contribution is -2.52. The first-order valence-corrected chi connectivity index (χ1v) is 8.98. The van der Waals surface area contributed by atoms with Crippen LogP contribution in [0.4, 0.5) is 25.0 Å². The standard InChI is InChI=1S/C19H19BrF2N2O2/c1-10-14-13(9-12(21)15(20)16(14)22)24-19(2,3)17(10)26-18(25)23-11-7-5-4-6-8-11/h4-10,17,24H,1-3H3,(H,23,25). The summed E-state index contributed by atoms with van der Waals surface area (Å²) < 4.78 is 33.9. The fraction of sp³-hybridized carbons (Fsp3) is 0.316. The van der Waals surface area contributed by atoms with E-state index in [0.29, 0.717) is 11.4 Å². The van der Waals surface area contributed by atoms with Crippen LogP contribution in [0.25, 0.3) is 0 Å². The summed E-state index contributed by atoms with van der Waals surface area (Å²) in [4.78, 5) is 12.3. The van der Waals surface area contributed by atoms with Gasteiger partial charge in [-0.3, -0.25) is 5.32 Å². The lowest BCUT2D eigenvalue weighted by atomic mass is 9.78. The molecule has 26 heavy (non-hydrogen) atoms. The Morgan fingerprint density at radius 1 is 1.27 bits per heavy atom. The first-order chi connectivity index (χ1) is 12.2. The van der Waals surface area contributed by atoms with Crippen molar-refractivity contribution in [2.24, 2.45) is 0 Å². The highest BCUT2D eigenvalue weighted by molar-refractivity contribution is 9.10. The number of anilines is 2. The molecule has 1 amide bonds. The van der Waals surface area contributed by atoms with Crippen LogP contribution in [0, 0.1) is 11.6 Å². The molecule has 0 bridgehead atoms. The van der Waals surface area contributed by atoms with Gasteiger partial charge in [0.15, 0.2) is 0 Å². The highest BCUT2D eigenvalue weighted by atomic mass is 79.9. The molecule has 2 unspecified atom stereocenters. The van der Waals surface area contributed by atoms with Crippen molar-refractivity contribution in [2.75, 3.05) is 10.6 Å². The highest BCUT2D eigenvalue weighted by Gasteiger charge is 2.44. The van der Waals surface area contributed by atoms with Gasteiger partial charge in [0.2, 0.25) is 0 Å². The van der Waals surface area contributed by atoms with E-state index in [2.05, 4.69) is 26.6 Å². The molecule has 0 aromatic heterocycles. The molecule has 0 saturated carbocycles. The number of para-hydroxylation sites is 1. The molecule has 1 aliphatic rings. The fourth-order valence-electron chi connectivity index (χ4n) is 3.39. The third-order valence-electron chi connectivity index (χ3n) is 4.53. The van der Waals surface area contributed by atoms with E-state index in [4.69, 9.17) is 4.74 Å². The van der Waals surface area contributed by atoms with E-state index in [0.717, 1.165) is 0 Å². The Balaban J connectivity index is 1.88. The van der Waals surface area contributed by atoms with E-state index in [1.807, 2.05) is 19.9 Å². The molecule has 2 aromatic carbocycles. The Hall–Kier alpha value is -2.15. The summed E-state index contributed by atoms with van der Waals surface area (Å²) in [5.41, 5.74) is 0.537. The van der Waals surface area contributed by atoms with Crippen LogP contribution in [0.1, 0.15) is 32.3 Å². The van der Waals surface area contributed by atoms with Gasteiger partial charge in [-0.1, -0.05) is 25.1 Å². The van der Waals surface area contributed by atoms with E-state index in [1.165, 1.54) is 6.07 Å². The van der Waals surface area contributed by atoms with Crippen molar-refractivity contribution in [3.05, 3.63) is 58.1 Å². The summed E-state index contributed by atoms with van der Waals surface area (Å²) >= 11 is 2.93.